The summed E-state index contributed by atoms with van der Waals surface area (Å²) in [6.45, 7) is 2.40. The largest absolute Gasteiger partial charge is 0.261 e. The molecule has 0 N–H and O–H groups in total. The van der Waals surface area contributed by atoms with Gasteiger partial charge in [0.2, 0.25) is 10.0 Å². The highest BCUT2D eigenvalue weighted by molar-refractivity contribution is 7.90. The maximum absolute atomic E-state index is 12.7. The summed E-state index contributed by atoms with van der Waals surface area (Å²) < 4.78 is 49.7. The number of nitrogens with zero attached hydrogens (tertiary/aromatic N) is 2. The Morgan fingerprint density at radius 1 is 0.958 bits per heavy atom. The second-order valence-electron chi connectivity index (χ2n) is 5.31. The van der Waals surface area contributed by atoms with Gasteiger partial charge in [0.1, 0.15) is 0 Å². The van der Waals surface area contributed by atoms with Gasteiger partial charge in [0, 0.05) is 37.7 Å². The van der Waals surface area contributed by atoms with Crippen LogP contribution in [0.3, 0.4) is 0 Å². The Balaban J connectivity index is 2.20. The molecule has 130 valence electrons. The number of aromatic nitrogens is 1. The van der Waals surface area contributed by atoms with Crippen LogP contribution < -0.4 is 0 Å². The predicted molar refractivity (Wildman–Crippen MR) is 91.9 cm³/mol. The molecule has 0 saturated carbocycles. The molecule has 0 aliphatic heterocycles. The quantitative estimate of drug-likeness (QED) is 0.743. The van der Waals surface area contributed by atoms with Crippen molar-refractivity contribution >= 4 is 19.9 Å². The topological polar surface area (TPSA) is 84.4 Å². The van der Waals surface area contributed by atoms with Crippen LogP contribution in [0.15, 0.2) is 58.5 Å². The van der Waals surface area contributed by atoms with Crippen molar-refractivity contribution in [1.29, 1.82) is 0 Å². The van der Waals surface area contributed by atoms with Crippen LogP contribution >= 0.6 is 0 Å². The van der Waals surface area contributed by atoms with E-state index in [0.717, 1.165) is 11.9 Å². The standard InChI is InChI=1S/C16H20N2O4S2/c1-3-18(13-11-14-6-4-5-12-17-14)24(21,22)16-9-7-15(8-10-16)23(2,19)20/h4-10,12H,3,11,13H2,1-2H3. The molecule has 0 bridgehead atoms. The summed E-state index contributed by atoms with van der Waals surface area (Å²) in [5, 5.41) is 0. The molecule has 0 radical (unpaired) electrons. The summed E-state index contributed by atoms with van der Waals surface area (Å²) in [7, 11) is -7.03. The lowest BCUT2D eigenvalue weighted by Crippen LogP contribution is -2.33. The third-order valence-electron chi connectivity index (χ3n) is 3.59. The minimum Gasteiger partial charge on any atom is -0.261 e. The zero-order valence-corrected chi connectivity index (χ0v) is 15.2. The summed E-state index contributed by atoms with van der Waals surface area (Å²) in [4.78, 5) is 4.37. The van der Waals surface area contributed by atoms with E-state index in [2.05, 4.69) is 4.98 Å². The normalized spacial score (nSPS) is 12.5. The Morgan fingerprint density at radius 2 is 1.58 bits per heavy atom. The second-order valence-corrected chi connectivity index (χ2v) is 9.27. The molecule has 2 rings (SSSR count). The van der Waals surface area contributed by atoms with Crippen LogP contribution in [0.5, 0.6) is 0 Å². The third-order valence-corrected chi connectivity index (χ3v) is 6.70. The van der Waals surface area contributed by atoms with Crippen molar-refractivity contribution in [3.05, 3.63) is 54.4 Å². The first-order valence-corrected chi connectivity index (χ1v) is 10.8. The van der Waals surface area contributed by atoms with E-state index in [1.54, 1.807) is 19.2 Å². The number of likely N-dealkylation sites (N-methyl/N-ethyl adjacent to an activating group) is 1. The highest BCUT2D eigenvalue weighted by Crippen LogP contribution is 2.18. The first-order chi connectivity index (χ1) is 11.2. The lowest BCUT2D eigenvalue weighted by atomic mass is 10.3. The molecule has 1 aromatic carbocycles. The number of hydrogen-bond acceptors (Lipinski definition) is 5. The van der Waals surface area contributed by atoms with Crippen LogP contribution in [-0.2, 0) is 26.3 Å². The zero-order valence-electron chi connectivity index (χ0n) is 13.6. The monoisotopic (exact) mass is 368 g/mol. The Hall–Kier alpha value is -1.77. The van der Waals surface area contributed by atoms with Gasteiger partial charge in [-0.3, -0.25) is 4.98 Å². The molecule has 2 aromatic rings. The summed E-state index contributed by atoms with van der Waals surface area (Å²) in [5.41, 5.74) is 0.818. The number of hydrogen-bond donors (Lipinski definition) is 0. The average Bonchev–Trinajstić information content (AvgIpc) is 2.55. The van der Waals surface area contributed by atoms with E-state index in [1.807, 2.05) is 12.1 Å². The van der Waals surface area contributed by atoms with E-state index in [0.29, 0.717) is 19.5 Å². The van der Waals surface area contributed by atoms with Gasteiger partial charge in [0.25, 0.3) is 0 Å². The molecule has 0 unspecified atom stereocenters. The van der Waals surface area contributed by atoms with E-state index in [9.17, 15) is 16.8 Å². The molecule has 6 nitrogen and oxygen atoms in total. The van der Waals surface area contributed by atoms with Gasteiger partial charge in [-0.2, -0.15) is 4.31 Å². The van der Waals surface area contributed by atoms with Crippen LogP contribution in [0.4, 0.5) is 0 Å². The molecular formula is C16H20N2O4S2. The summed E-state index contributed by atoms with van der Waals surface area (Å²) >= 11 is 0. The highest BCUT2D eigenvalue weighted by Gasteiger charge is 2.23. The fraction of sp³-hybridized carbons (Fsp3) is 0.312. The molecule has 0 amide bonds. The van der Waals surface area contributed by atoms with E-state index in [-0.39, 0.29) is 9.79 Å². The van der Waals surface area contributed by atoms with Gasteiger partial charge in [-0.15, -0.1) is 0 Å². The molecule has 1 heterocycles. The van der Waals surface area contributed by atoms with Crippen LogP contribution in [0, 0.1) is 0 Å². The van der Waals surface area contributed by atoms with Gasteiger partial charge >= 0.3 is 0 Å². The van der Waals surface area contributed by atoms with E-state index in [1.165, 1.54) is 28.6 Å². The summed E-state index contributed by atoms with van der Waals surface area (Å²) in [6.07, 6.45) is 3.26. The van der Waals surface area contributed by atoms with Crippen molar-refractivity contribution in [1.82, 2.24) is 9.29 Å². The van der Waals surface area contributed by atoms with Crippen molar-refractivity contribution in [2.24, 2.45) is 0 Å². The van der Waals surface area contributed by atoms with Crippen molar-refractivity contribution in [3.63, 3.8) is 0 Å². The zero-order chi connectivity index (χ0) is 17.8. The van der Waals surface area contributed by atoms with Crippen molar-refractivity contribution in [3.8, 4) is 0 Å². The molecule has 0 saturated heterocycles. The molecule has 0 aliphatic rings. The first kappa shape index (κ1) is 18.6. The fourth-order valence-corrected chi connectivity index (χ4v) is 4.32. The fourth-order valence-electron chi connectivity index (χ4n) is 2.24. The third kappa shape index (κ3) is 4.40. The molecule has 1 aromatic heterocycles. The Bertz CT molecular complexity index is 877. The first-order valence-electron chi connectivity index (χ1n) is 7.45. The summed E-state index contributed by atoms with van der Waals surface area (Å²) in [5.74, 6) is 0. The number of sulfone groups is 1. The Morgan fingerprint density at radius 3 is 2.08 bits per heavy atom. The van der Waals surface area contributed by atoms with Gasteiger partial charge in [0.05, 0.1) is 9.79 Å². The molecule has 0 aliphatic carbocycles. The maximum atomic E-state index is 12.7. The molecule has 24 heavy (non-hydrogen) atoms. The second kappa shape index (κ2) is 7.42. The Kier molecular flexibility index (Phi) is 5.74. The average molecular weight is 368 g/mol. The van der Waals surface area contributed by atoms with Crippen LogP contribution in [-0.4, -0.2) is 45.5 Å². The van der Waals surface area contributed by atoms with Crippen LogP contribution in [0.1, 0.15) is 12.6 Å². The van der Waals surface area contributed by atoms with Crippen molar-refractivity contribution in [2.75, 3.05) is 19.3 Å². The number of rotatable bonds is 7. The van der Waals surface area contributed by atoms with Gasteiger partial charge in [0.15, 0.2) is 9.84 Å². The summed E-state index contributed by atoms with van der Waals surface area (Å²) in [6, 6.07) is 10.8. The minimum atomic E-state index is -3.67. The van der Waals surface area contributed by atoms with Crippen molar-refractivity contribution < 1.29 is 16.8 Å². The molecule has 0 atom stereocenters. The molecular weight excluding hydrogens is 348 g/mol. The molecule has 0 fully saturated rings. The predicted octanol–water partition coefficient (Wildman–Crippen LogP) is 1.74. The number of pyridine rings is 1. The molecule has 8 heteroatoms. The van der Waals surface area contributed by atoms with Gasteiger partial charge in [-0.25, -0.2) is 16.8 Å². The van der Waals surface area contributed by atoms with Gasteiger partial charge < -0.3 is 0 Å². The SMILES string of the molecule is CCN(CCc1ccccn1)S(=O)(=O)c1ccc(S(C)(=O)=O)cc1. The van der Waals surface area contributed by atoms with Crippen LogP contribution in [0.2, 0.25) is 0 Å². The van der Waals surface area contributed by atoms with E-state index >= 15 is 0 Å². The number of benzene rings is 1. The molecule has 0 spiro atoms. The maximum Gasteiger partial charge on any atom is 0.243 e. The van der Waals surface area contributed by atoms with Crippen molar-refractivity contribution in [2.45, 2.75) is 23.1 Å². The lowest BCUT2D eigenvalue weighted by molar-refractivity contribution is 0.429. The van der Waals surface area contributed by atoms with E-state index < -0.39 is 19.9 Å². The highest BCUT2D eigenvalue weighted by atomic mass is 32.2. The van der Waals surface area contributed by atoms with Gasteiger partial charge in [-0.1, -0.05) is 13.0 Å². The smallest absolute Gasteiger partial charge is 0.243 e. The number of sulfonamides is 1. The Labute approximate surface area is 143 Å². The van der Waals surface area contributed by atoms with Crippen LogP contribution in [0.25, 0.3) is 0 Å². The van der Waals surface area contributed by atoms with E-state index in [4.69, 9.17) is 0 Å². The lowest BCUT2D eigenvalue weighted by Gasteiger charge is -2.20. The minimum absolute atomic E-state index is 0.0813. The van der Waals surface area contributed by atoms with Gasteiger partial charge in [-0.05, 0) is 36.4 Å².